The molecule has 2 heterocycles. The highest BCUT2D eigenvalue weighted by Gasteiger charge is 2.47. The van der Waals surface area contributed by atoms with Crippen molar-refractivity contribution in [3.63, 3.8) is 0 Å². The second-order valence-electron chi connectivity index (χ2n) is 6.00. The molecule has 21 heavy (non-hydrogen) atoms. The highest BCUT2D eigenvalue weighted by atomic mass is 19.1. The van der Waals surface area contributed by atoms with Gasteiger partial charge in [0.1, 0.15) is 0 Å². The molecule has 3 rings (SSSR count). The van der Waals surface area contributed by atoms with Gasteiger partial charge in [-0.3, -0.25) is 0 Å². The van der Waals surface area contributed by atoms with Crippen LogP contribution in [-0.4, -0.2) is 49.9 Å². The number of hydrogen-bond acceptors (Lipinski definition) is 4. The second kappa shape index (κ2) is 5.51. The average Bonchev–Trinajstić information content (AvgIpc) is 2.95. The summed E-state index contributed by atoms with van der Waals surface area (Å²) in [5, 5.41) is 12.8. The number of likely N-dealkylation sites (tertiary alicyclic amines) is 1. The van der Waals surface area contributed by atoms with Crippen LogP contribution in [0.2, 0.25) is 0 Å². The Morgan fingerprint density at radius 3 is 2.48 bits per heavy atom. The zero-order chi connectivity index (χ0) is 15.1. The van der Waals surface area contributed by atoms with Crippen molar-refractivity contribution in [2.24, 2.45) is 11.8 Å². The number of nitrogens with zero attached hydrogens (tertiary/aromatic N) is 1. The fourth-order valence-corrected chi connectivity index (χ4v) is 3.81. The van der Waals surface area contributed by atoms with Crippen LogP contribution in [-0.2, 0) is 0 Å². The molecule has 4 nitrogen and oxygen atoms in total. The van der Waals surface area contributed by atoms with E-state index in [2.05, 4.69) is 10.2 Å². The normalized spacial score (nSPS) is 32.4. The summed E-state index contributed by atoms with van der Waals surface area (Å²) in [4.78, 5) is 2.20. The van der Waals surface area contributed by atoms with Crippen molar-refractivity contribution >= 4 is 0 Å². The van der Waals surface area contributed by atoms with Crippen LogP contribution in [0.1, 0.15) is 11.6 Å². The first kappa shape index (κ1) is 14.7. The van der Waals surface area contributed by atoms with Crippen LogP contribution in [0.4, 0.5) is 8.78 Å². The molecular weight excluding hydrogens is 278 g/mol. The third-order valence-corrected chi connectivity index (χ3v) is 4.71. The van der Waals surface area contributed by atoms with E-state index >= 15 is 0 Å². The minimum absolute atomic E-state index is 0.0295. The fourth-order valence-electron chi connectivity index (χ4n) is 3.81. The molecule has 1 aromatic carbocycles. The summed E-state index contributed by atoms with van der Waals surface area (Å²) in [6.45, 7) is 1.78. The molecule has 116 valence electrons. The highest BCUT2D eigenvalue weighted by Crippen LogP contribution is 2.42. The van der Waals surface area contributed by atoms with Crippen LogP contribution in [0, 0.1) is 23.5 Å². The van der Waals surface area contributed by atoms with E-state index < -0.39 is 11.6 Å². The lowest BCUT2D eigenvalue weighted by Crippen LogP contribution is -2.35. The van der Waals surface area contributed by atoms with Crippen molar-refractivity contribution in [3.8, 4) is 5.75 Å². The van der Waals surface area contributed by atoms with Gasteiger partial charge < -0.3 is 20.1 Å². The maximum absolute atomic E-state index is 13.9. The molecule has 2 aliphatic rings. The highest BCUT2D eigenvalue weighted by molar-refractivity contribution is 5.34. The van der Waals surface area contributed by atoms with Crippen molar-refractivity contribution in [2.75, 3.05) is 33.9 Å². The first-order valence-electron chi connectivity index (χ1n) is 7.13. The zero-order valence-electron chi connectivity index (χ0n) is 12.1. The Bertz CT molecular complexity index is 517. The Labute approximate surface area is 122 Å². The molecule has 0 aromatic heterocycles. The molecule has 1 aromatic rings. The van der Waals surface area contributed by atoms with Gasteiger partial charge in [0, 0.05) is 25.2 Å². The Balaban J connectivity index is 1.93. The molecule has 0 saturated carbocycles. The average molecular weight is 298 g/mol. The summed E-state index contributed by atoms with van der Waals surface area (Å²) >= 11 is 0. The summed E-state index contributed by atoms with van der Waals surface area (Å²) in [6, 6.07) is 2.48. The molecule has 0 spiro atoms. The number of aliphatic hydroxyl groups is 1. The molecule has 0 aliphatic carbocycles. The molecule has 2 N–H and O–H groups in total. The Morgan fingerprint density at radius 1 is 1.29 bits per heavy atom. The van der Waals surface area contributed by atoms with Crippen molar-refractivity contribution in [1.29, 1.82) is 0 Å². The van der Waals surface area contributed by atoms with E-state index in [1.54, 1.807) is 0 Å². The molecule has 4 atom stereocenters. The third-order valence-electron chi connectivity index (χ3n) is 4.71. The number of benzene rings is 1. The van der Waals surface area contributed by atoms with Gasteiger partial charge in [-0.2, -0.15) is 0 Å². The first-order chi connectivity index (χ1) is 10.0. The van der Waals surface area contributed by atoms with E-state index in [0.29, 0.717) is 11.5 Å². The predicted molar refractivity (Wildman–Crippen MR) is 74.1 cm³/mol. The number of nitrogens with one attached hydrogen (secondary N) is 1. The smallest absolute Gasteiger partial charge is 0.190 e. The van der Waals surface area contributed by atoms with Crippen LogP contribution in [0.5, 0.6) is 5.75 Å². The van der Waals surface area contributed by atoms with Crippen LogP contribution in [0.15, 0.2) is 12.1 Å². The van der Waals surface area contributed by atoms with Crippen LogP contribution >= 0.6 is 0 Å². The summed E-state index contributed by atoms with van der Waals surface area (Å²) in [5.41, 5.74) is 0.576. The predicted octanol–water partition coefficient (Wildman–Crippen LogP) is 1.16. The van der Waals surface area contributed by atoms with Crippen LogP contribution in [0.3, 0.4) is 0 Å². The van der Waals surface area contributed by atoms with Gasteiger partial charge in [0.05, 0.1) is 13.7 Å². The number of hydrogen-bond donors (Lipinski definition) is 2. The van der Waals surface area contributed by atoms with Crippen LogP contribution < -0.4 is 10.1 Å². The largest absolute Gasteiger partial charge is 0.491 e. The van der Waals surface area contributed by atoms with Gasteiger partial charge in [0.25, 0.3) is 0 Å². The number of methoxy groups -OCH3 is 1. The van der Waals surface area contributed by atoms with Crippen molar-refractivity contribution in [1.82, 2.24) is 10.2 Å². The van der Waals surface area contributed by atoms with E-state index in [1.165, 1.54) is 19.2 Å². The minimum Gasteiger partial charge on any atom is -0.491 e. The van der Waals surface area contributed by atoms with Gasteiger partial charge in [-0.25, -0.2) is 8.78 Å². The first-order valence-corrected chi connectivity index (χ1v) is 7.13. The number of ether oxygens (including phenoxy) is 1. The molecule has 0 radical (unpaired) electrons. The number of aliphatic hydroxyl groups excluding tert-OH is 1. The maximum atomic E-state index is 13.9. The standard InChI is InChI=1S/C15H20F2N2O2/c1-19-5-9-10(6-19)14(18-13(9)7-20)8-3-11(16)15(21-2)12(17)4-8/h3-4,9-10,13-14,18,20H,5-7H2,1-2H3/t9-,10+,13-,14+/m0/s1. The summed E-state index contributed by atoms with van der Waals surface area (Å²) in [5.74, 6) is -1.18. The monoisotopic (exact) mass is 298 g/mol. The lowest BCUT2D eigenvalue weighted by Gasteiger charge is -2.21. The second-order valence-corrected chi connectivity index (χ2v) is 6.00. The van der Waals surface area contributed by atoms with Gasteiger partial charge in [0.15, 0.2) is 17.4 Å². The zero-order valence-corrected chi connectivity index (χ0v) is 12.1. The molecule has 0 bridgehead atoms. The van der Waals surface area contributed by atoms with Gasteiger partial charge in [0.2, 0.25) is 0 Å². The molecule has 2 fully saturated rings. The van der Waals surface area contributed by atoms with E-state index in [9.17, 15) is 13.9 Å². The Hall–Kier alpha value is -1.24. The summed E-state index contributed by atoms with van der Waals surface area (Å²) in [7, 11) is 3.28. The molecule has 0 unspecified atom stereocenters. The molecule has 0 amide bonds. The number of rotatable bonds is 3. The Morgan fingerprint density at radius 2 is 1.90 bits per heavy atom. The van der Waals surface area contributed by atoms with E-state index in [0.717, 1.165) is 13.1 Å². The number of halogens is 2. The lowest BCUT2D eigenvalue weighted by molar-refractivity contribution is 0.218. The fraction of sp³-hybridized carbons (Fsp3) is 0.600. The van der Waals surface area contributed by atoms with Crippen molar-refractivity contribution in [3.05, 3.63) is 29.3 Å². The van der Waals surface area contributed by atoms with Gasteiger partial charge in [-0.15, -0.1) is 0 Å². The van der Waals surface area contributed by atoms with Gasteiger partial charge in [-0.1, -0.05) is 0 Å². The molecule has 2 aliphatic heterocycles. The van der Waals surface area contributed by atoms with Crippen LogP contribution in [0.25, 0.3) is 0 Å². The minimum atomic E-state index is -0.690. The molecule has 2 saturated heterocycles. The van der Waals surface area contributed by atoms with Gasteiger partial charge in [-0.05, 0) is 36.6 Å². The van der Waals surface area contributed by atoms with Crippen molar-refractivity contribution < 1.29 is 18.6 Å². The van der Waals surface area contributed by atoms with Crippen molar-refractivity contribution in [2.45, 2.75) is 12.1 Å². The number of fused-ring (bicyclic) bond motifs is 1. The maximum Gasteiger partial charge on any atom is 0.190 e. The Kier molecular flexibility index (Phi) is 3.86. The quantitative estimate of drug-likeness (QED) is 0.879. The SMILES string of the molecule is COc1c(F)cc([C@H]2N[C@@H](CO)[C@H]3CN(C)C[C@H]32)cc1F. The molecular formula is C15H20F2N2O2. The topological polar surface area (TPSA) is 44.7 Å². The third kappa shape index (κ3) is 2.41. The summed E-state index contributed by atoms with van der Waals surface area (Å²) in [6.07, 6.45) is 0. The van der Waals surface area contributed by atoms with E-state index in [1.807, 2.05) is 7.05 Å². The lowest BCUT2D eigenvalue weighted by atomic mass is 9.87. The molecule has 6 heteroatoms. The van der Waals surface area contributed by atoms with E-state index in [-0.39, 0.29) is 30.4 Å². The van der Waals surface area contributed by atoms with Gasteiger partial charge >= 0.3 is 0 Å². The summed E-state index contributed by atoms with van der Waals surface area (Å²) < 4.78 is 32.5. The van der Waals surface area contributed by atoms with E-state index in [4.69, 9.17) is 4.74 Å².